The number of piperidine rings is 2. The van der Waals surface area contributed by atoms with Gasteiger partial charge in [0.05, 0.1) is 22.2 Å². The van der Waals surface area contributed by atoms with Crippen molar-refractivity contribution in [3.8, 4) is 0 Å². The number of benzene rings is 1. The van der Waals surface area contributed by atoms with E-state index in [-0.39, 0.29) is 22.6 Å². The second kappa shape index (κ2) is 10.5. The summed E-state index contributed by atoms with van der Waals surface area (Å²) in [4.78, 5) is 26.8. The molecule has 2 saturated heterocycles. The normalized spacial score (nSPS) is 21.5. The molecule has 202 valence electrons. The third-order valence-electron chi connectivity index (χ3n) is 7.67. The zero-order valence-corrected chi connectivity index (χ0v) is 22.9. The first-order chi connectivity index (χ1) is 18.1. The largest absolute Gasteiger partial charge is 0.338 e. The third-order valence-corrected chi connectivity index (χ3v) is 9.58. The van der Waals surface area contributed by atoms with Crippen LogP contribution in [0.25, 0.3) is 5.52 Å². The Kier molecular flexibility index (Phi) is 7.28. The molecule has 1 aromatic carbocycles. The maximum absolute atomic E-state index is 13.4. The van der Waals surface area contributed by atoms with E-state index < -0.39 is 10.0 Å². The smallest absolute Gasteiger partial charge is 0.257 e. The second-order valence-corrected chi connectivity index (χ2v) is 12.8. The van der Waals surface area contributed by atoms with Crippen molar-refractivity contribution in [2.24, 2.45) is 11.8 Å². The number of pyridine rings is 1. The Bertz CT molecular complexity index is 1430. The van der Waals surface area contributed by atoms with Crippen LogP contribution in [0.4, 0.5) is 5.69 Å². The number of anilines is 1. The van der Waals surface area contributed by atoms with Gasteiger partial charge < -0.3 is 10.2 Å². The number of nitrogens with zero attached hydrogens (tertiary/aromatic N) is 4. The van der Waals surface area contributed by atoms with Crippen molar-refractivity contribution in [3.05, 3.63) is 59.9 Å². The molecule has 10 heteroatoms. The third kappa shape index (κ3) is 5.33. The molecule has 9 nitrogen and oxygen atoms in total. The molecule has 0 aliphatic carbocycles. The number of nitrogens with one attached hydrogen (secondary N) is 1. The fourth-order valence-corrected chi connectivity index (χ4v) is 7.38. The first-order valence-electron chi connectivity index (χ1n) is 13.3. The second-order valence-electron chi connectivity index (χ2n) is 10.9. The lowest BCUT2D eigenvalue weighted by Gasteiger charge is -2.34. The molecular weight excluding hydrogens is 502 g/mol. The number of likely N-dealkylation sites (tertiary alicyclic amines) is 1. The van der Waals surface area contributed by atoms with E-state index in [1.165, 1.54) is 23.4 Å². The van der Waals surface area contributed by atoms with Crippen LogP contribution in [0.5, 0.6) is 0 Å². The summed E-state index contributed by atoms with van der Waals surface area (Å²) < 4.78 is 29.7. The van der Waals surface area contributed by atoms with E-state index in [2.05, 4.69) is 24.3 Å². The van der Waals surface area contributed by atoms with Gasteiger partial charge in [-0.2, -0.15) is 9.40 Å². The Hall–Kier alpha value is -3.24. The SMILES string of the molecule is CC(=O)Nc1ccc(S(=O)(=O)N2CCC(c3ccn4ncc(C(=O)N5CC(C)CC(C)C5)c4c3)CC2)cc1. The van der Waals surface area contributed by atoms with Gasteiger partial charge >= 0.3 is 0 Å². The van der Waals surface area contributed by atoms with Crippen LogP contribution in [0, 0.1) is 11.8 Å². The molecule has 0 bridgehead atoms. The standard InChI is InChI=1S/C28H35N5O4S/c1-19-14-20(2)18-31(17-19)28(35)26-16-29-33-13-10-23(15-27(26)33)22-8-11-32(12-9-22)38(36,37)25-6-4-24(5-7-25)30-21(3)34/h4-7,10,13,15-16,19-20,22H,8-9,11-12,14,17-18H2,1-3H3,(H,30,34). The monoisotopic (exact) mass is 537 g/mol. The van der Waals surface area contributed by atoms with Crippen LogP contribution in [0.3, 0.4) is 0 Å². The van der Waals surface area contributed by atoms with Crippen LogP contribution in [0.1, 0.15) is 61.9 Å². The Balaban J connectivity index is 1.29. The van der Waals surface area contributed by atoms with Gasteiger partial charge in [0.1, 0.15) is 0 Å². The van der Waals surface area contributed by atoms with Crippen LogP contribution in [0.2, 0.25) is 0 Å². The van der Waals surface area contributed by atoms with Gasteiger partial charge in [-0.3, -0.25) is 9.59 Å². The van der Waals surface area contributed by atoms with Crippen molar-refractivity contribution >= 4 is 33.0 Å². The predicted molar refractivity (Wildman–Crippen MR) is 146 cm³/mol. The Labute approximate surface area is 223 Å². The molecule has 2 unspecified atom stereocenters. The molecule has 2 fully saturated rings. The van der Waals surface area contributed by atoms with Crippen molar-refractivity contribution < 1.29 is 18.0 Å². The predicted octanol–water partition coefficient (Wildman–Crippen LogP) is 3.98. The minimum atomic E-state index is -3.62. The van der Waals surface area contributed by atoms with E-state index >= 15 is 0 Å². The van der Waals surface area contributed by atoms with Crippen molar-refractivity contribution in [2.45, 2.75) is 50.8 Å². The van der Waals surface area contributed by atoms with Crippen LogP contribution in [-0.2, 0) is 14.8 Å². The number of hydrogen-bond acceptors (Lipinski definition) is 5. The molecule has 5 rings (SSSR count). The van der Waals surface area contributed by atoms with Crippen molar-refractivity contribution in [2.75, 3.05) is 31.5 Å². The van der Waals surface area contributed by atoms with E-state index in [0.717, 1.165) is 30.6 Å². The molecule has 2 aromatic heterocycles. The fraction of sp³-hybridized carbons (Fsp3) is 0.464. The van der Waals surface area contributed by atoms with E-state index in [0.29, 0.717) is 49.0 Å². The van der Waals surface area contributed by atoms with Crippen molar-refractivity contribution in [3.63, 3.8) is 0 Å². The molecule has 0 radical (unpaired) electrons. The molecule has 2 aliphatic heterocycles. The summed E-state index contributed by atoms with van der Waals surface area (Å²) in [5.74, 6) is 0.986. The molecule has 2 atom stereocenters. The number of aromatic nitrogens is 2. The topological polar surface area (TPSA) is 104 Å². The van der Waals surface area contributed by atoms with Gasteiger partial charge in [0.15, 0.2) is 0 Å². The number of carbonyl (C=O) groups is 2. The molecule has 2 amide bonds. The van der Waals surface area contributed by atoms with Crippen LogP contribution in [0.15, 0.2) is 53.7 Å². The van der Waals surface area contributed by atoms with E-state index in [1.807, 2.05) is 23.2 Å². The van der Waals surface area contributed by atoms with Gasteiger partial charge in [-0.05, 0) is 79.0 Å². The molecule has 2 aliphatic rings. The maximum atomic E-state index is 13.4. The number of hydrogen-bond donors (Lipinski definition) is 1. The lowest BCUT2D eigenvalue weighted by molar-refractivity contribution is -0.114. The highest BCUT2D eigenvalue weighted by Crippen LogP contribution is 2.32. The molecule has 0 spiro atoms. The number of carbonyl (C=O) groups excluding carboxylic acids is 2. The van der Waals surface area contributed by atoms with E-state index in [9.17, 15) is 18.0 Å². The minimum absolute atomic E-state index is 0.0287. The van der Waals surface area contributed by atoms with Gasteiger partial charge in [-0.25, -0.2) is 12.9 Å². The Morgan fingerprint density at radius 3 is 2.29 bits per heavy atom. The quantitative estimate of drug-likeness (QED) is 0.530. The Morgan fingerprint density at radius 1 is 1.00 bits per heavy atom. The summed E-state index contributed by atoms with van der Waals surface area (Å²) in [6, 6.07) is 10.3. The molecule has 0 saturated carbocycles. The maximum Gasteiger partial charge on any atom is 0.257 e. The van der Waals surface area contributed by atoms with Crippen LogP contribution >= 0.6 is 0 Å². The van der Waals surface area contributed by atoms with E-state index in [1.54, 1.807) is 22.8 Å². The molecule has 3 aromatic rings. The van der Waals surface area contributed by atoms with Gasteiger partial charge in [0.2, 0.25) is 15.9 Å². The van der Waals surface area contributed by atoms with Crippen molar-refractivity contribution in [1.29, 1.82) is 0 Å². The molecular formula is C28H35N5O4S. The highest BCUT2D eigenvalue weighted by molar-refractivity contribution is 7.89. The van der Waals surface area contributed by atoms with Gasteiger partial charge in [-0.15, -0.1) is 0 Å². The average molecular weight is 538 g/mol. The van der Waals surface area contributed by atoms with Crippen LogP contribution < -0.4 is 5.32 Å². The molecule has 4 heterocycles. The summed E-state index contributed by atoms with van der Waals surface area (Å²) >= 11 is 0. The number of amides is 2. The average Bonchev–Trinajstić information content (AvgIpc) is 3.31. The fourth-order valence-electron chi connectivity index (χ4n) is 5.91. The number of rotatable bonds is 5. The first-order valence-corrected chi connectivity index (χ1v) is 14.7. The molecule has 38 heavy (non-hydrogen) atoms. The summed E-state index contributed by atoms with van der Waals surface area (Å²) in [6.07, 6.45) is 6.08. The number of fused-ring (bicyclic) bond motifs is 1. The van der Waals surface area contributed by atoms with Gasteiger partial charge in [-0.1, -0.05) is 13.8 Å². The van der Waals surface area contributed by atoms with Gasteiger partial charge in [0, 0.05) is 45.0 Å². The number of sulfonamides is 1. The lowest BCUT2D eigenvalue weighted by Crippen LogP contribution is -2.42. The Morgan fingerprint density at radius 2 is 1.66 bits per heavy atom. The minimum Gasteiger partial charge on any atom is -0.338 e. The van der Waals surface area contributed by atoms with Gasteiger partial charge in [0.25, 0.3) is 5.91 Å². The summed E-state index contributed by atoms with van der Waals surface area (Å²) in [5, 5.41) is 7.07. The summed E-state index contributed by atoms with van der Waals surface area (Å²) in [5.41, 5.74) is 3.08. The van der Waals surface area contributed by atoms with Crippen LogP contribution in [-0.4, -0.2) is 65.2 Å². The van der Waals surface area contributed by atoms with Crippen molar-refractivity contribution in [1.82, 2.24) is 18.8 Å². The molecule has 1 N–H and O–H groups in total. The lowest BCUT2D eigenvalue weighted by atomic mass is 9.90. The highest BCUT2D eigenvalue weighted by atomic mass is 32.2. The summed E-state index contributed by atoms with van der Waals surface area (Å²) in [6.45, 7) is 8.16. The zero-order chi connectivity index (χ0) is 27.0. The first kappa shape index (κ1) is 26.4. The highest BCUT2D eigenvalue weighted by Gasteiger charge is 2.31. The zero-order valence-electron chi connectivity index (χ0n) is 22.1. The summed E-state index contributed by atoms with van der Waals surface area (Å²) in [7, 11) is -3.62. The van der Waals surface area contributed by atoms with E-state index in [4.69, 9.17) is 0 Å².